The van der Waals surface area contributed by atoms with Crippen LogP contribution in [0.3, 0.4) is 0 Å². The smallest absolute Gasteiger partial charge is 0.254 e. The zero-order valence-corrected chi connectivity index (χ0v) is 40.3. The van der Waals surface area contributed by atoms with Crippen molar-refractivity contribution in [1.82, 2.24) is 20.0 Å². The Morgan fingerprint density at radius 3 is 1.38 bits per heavy atom. The van der Waals surface area contributed by atoms with Gasteiger partial charge < -0.3 is 29.5 Å². The van der Waals surface area contributed by atoms with Crippen molar-refractivity contribution in [2.24, 2.45) is 0 Å². The lowest BCUT2D eigenvalue weighted by molar-refractivity contribution is 0.0720. The molecule has 3 rings (SSSR count). The third kappa shape index (κ3) is 25.3. The van der Waals surface area contributed by atoms with Crippen LogP contribution >= 0.6 is 0 Å². The average Bonchev–Trinajstić information content (AvgIpc) is 3.29. The first-order chi connectivity index (χ1) is 29.9. The number of benzene rings is 3. The molecule has 0 fully saturated rings. The molecule has 0 heterocycles. The highest BCUT2D eigenvalue weighted by Crippen LogP contribution is 2.18. The number of carbonyl (C=O) groups is 1. The van der Waals surface area contributed by atoms with Crippen LogP contribution in [0.25, 0.3) is 0 Å². The number of nitrogens with zero attached hydrogens (tertiary/aromatic N) is 3. The molecule has 0 aliphatic rings. The summed E-state index contributed by atoms with van der Waals surface area (Å²) in [7, 11) is 0. The molecule has 0 saturated heterocycles. The number of rotatable bonds is 35. The van der Waals surface area contributed by atoms with Crippen LogP contribution in [0.15, 0.2) is 72.8 Å². The number of aryl methyl sites for hydroxylation is 1. The molecule has 0 saturated carbocycles. The predicted octanol–water partition coefficient (Wildman–Crippen LogP) is 13.0. The van der Waals surface area contributed by atoms with E-state index in [0.717, 1.165) is 107 Å². The van der Waals surface area contributed by atoms with Crippen LogP contribution in [0.1, 0.15) is 172 Å². The van der Waals surface area contributed by atoms with Gasteiger partial charge in [0.25, 0.3) is 5.91 Å². The molecule has 0 aromatic heterocycles. The summed E-state index contributed by atoms with van der Waals surface area (Å²) in [4.78, 5) is 20.9. The van der Waals surface area contributed by atoms with E-state index in [4.69, 9.17) is 9.47 Å². The number of nitrogens with one attached hydrogen (secondary N) is 1. The molecule has 0 unspecified atom stereocenters. The third-order valence-electron chi connectivity index (χ3n) is 11.2. The van der Waals surface area contributed by atoms with Crippen molar-refractivity contribution in [3.05, 3.63) is 95.1 Å². The second-order valence-electron chi connectivity index (χ2n) is 16.8. The highest BCUT2D eigenvalue weighted by molar-refractivity contribution is 5.94. The molecule has 0 atom stereocenters. The van der Waals surface area contributed by atoms with Gasteiger partial charge in [-0.25, -0.2) is 0 Å². The summed E-state index contributed by atoms with van der Waals surface area (Å²) < 4.78 is 11.5. The molecular formula is C54H90N4O3. The van der Waals surface area contributed by atoms with E-state index in [1.165, 1.54) is 101 Å². The molecule has 7 heteroatoms. The van der Waals surface area contributed by atoms with Crippen LogP contribution in [0.2, 0.25) is 0 Å². The highest BCUT2D eigenvalue weighted by atomic mass is 16.5. The summed E-state index contributed by atoms with van der Waals surface area (Å²) in [5, 5.41) is 3.57. The van der Waals surface area contributed by atoms with E-state index in [2.05, 4.69) is 112 Å². The summed E-state index contributed by atoms with van der Waals surface area (Å²) in [6, 6.07) is 25.1. The van der Waals surface area contributed by atoms with Gasteiger partial charge in [0, 0.05) is 44.8 Å². The predicted molar refractivity (Wildman–Crippen MR) is 262 cm³/mol. The number of carbonyl (C=O) groups excluding carboxylic acids is 1. The number of amides is 1. The molecule has 1 N–H and O–H groups in total. The molecule has 0 bridgehead atoms. The molecule has 61 heavy (non-hydrogen) atoms. The lowest BCUT2D eigenvalue weighted by Crippen LogP contribution is -2.39. The maximum atomic E-state index is 13.7. The lowest BCUT2D eigenvalue weighted by Gasteiger charge is -2.28. The molecular weight excluding hydrogens is 753 g/mol. The van der Waals surface area contributed by atoms with Crippen molar-refractivity contribution in [3.63, 3.8) is 0 Å². The topological polar surface area (TPSA) is 57.3 Å². The summed E-state index contributed by atoms with van der Waals surface area (Å²) in [6.45, 7) is 27.3. The Bertz CT molecular complexity index is 1430. The van der Waals surface area contributed by atoms with Gasteiger partial charge in [-0.3, -0.25) is 4.79 Å². The fraction of sp³-hybridized carbons (Fsp3) is 0.648. The Hall–Kier alpha value is -3.39. The van der Waals surface area contributed by atoms with Crippen molar-refractivity contribution in [3.8, 4) is 11.5 Å². The first kappa shape index (κ1) is 53.7. The highest BCUT2D eigenvalue weighted by Gasteiger charge is 2.18. The van der Waals surface area contributed by atoms with Gasteiger partial charge in [-0.15, -0.1) is 0 Å². The van der Waals surface area contributed by atoms with Crippen LogP contribution < -0.4 is 14.8 Å². The molecule has 1 amide bonds. The molecule has 7 nitrogen and oxygen atoms in total. The normalized spacial score (nSPS) is 11.2. The Balaban J connectivity index is 0.000000461. The molecule has 3 aromatic rings. The molecule has 0 radical (unpaired) electrons. The van der Waals surface area contributed by atoms with Crippen molar-refractivity contribution in [1.29, 1.82) is 0 Å². The molecule has 0 spiro atoms. The van der Waals surface area contributed by atoms with Crippen molar-refractivity contribution >= 4 is 5.91 Å². The minimum Gasteiger partial charge on any atom is -0.494 e. The van der Waals surface area contributed by atoms with E-state index in [0.29, 0.717) is 6.54 Å². The summed E-state index contributed by atoms with van der Waals surface area (Å²) in [5.41, 5.74) is 4.57. The monoisotopic (exact) mass is 843 g/mol. The Morgan fingerprint density at radius 2 is 0.902 bits per heavy atom. The van der Waals surface area contributed by atoms with Crippen LogP contribution in [0, 0.1) is 0 Å². The van der Waals surface area contributed by atoms with Gasteiger partial charge in [0.2, 0.25) is 0 Å². The first-order valence-corrected chi connectivity index (χ1v) is 24.9. The van der Waals surface area contributed by atoms with Crippen LogP contribution in [0.5, 0.6) is 11.5 Å². The van der Waals surface area contributed by atoms with Gasteiger partial charge in [-0.2, -0.15) is 0 Å². The van der Waals surface area contributed by atoms with E-state index >= 15 is 0 Å². The SMILES string of the molecule is CCCCCc1ccc(C(=O)N(CCN(CCCC)CCCC)Cc2ccc(OCCCC)cc2)cc1.CCCCOc1ccc(CNCCN(CCCC)CCCC)cc1. The van der Waals surface area contributed by atoms with Crippen molar-refractivity contribution in [2.45, 2.75) is 164 Å². The van der Waals surface area contributed by atoms with Gasteiger partial charge in [0.05, 0.1) is 13.2 Å². The van der Waals surface area contributed by atoms with Gasteiger partial charge >= 0.3 is 0 Å². The van der Waals surface area contributed by atoms with E-state index in [9.17, 15) is 4.79 Å². The van der Waals surface area contributed by atoms with Gasteiger partial charge in [0.15, 0.2) is 0 Å². The van der Waals surface area contributed by atoms with Crippen LogP contribution in [0.4, 0.5) is 0 Å². The molecule has 0 aliphatic heterocycles. The Labute approximate surface area is 375 Å². The molecule has 344 valence electrons. The zero-order valence-electron chi connectivity index (χ0n) is 40.3. The summed E-state index contributed by atoms with van der Waals surface area (Å²) in [5.74, 6) is 2.01. The number of ether oxygens (including phenoxy) is 2. The Kier molecular flexibility index (Phi) is 31.8. The van der Waals surface area contributed by atoms with E-state index < -0.39 is 0 Å². The lowest BCUT2D eigenvalue weighted by atomic mass is 10.0. The third-order valence-corrected chi connectivity index (χ3v) is 11.2. The van der Waals surface area contributed by atoms with Crippen molar-refractivity contribution < 1.29 is 14.3 Å². The van der Waals surface area contributed by atoms with E-state index in [1.807, 2.05) is 29.2 Å². The standard InChI is InChI=1S/C33H52N2O2.C21H38N2O/c1-5-9-13-14-29-15-19-31(20-16-29)33(36)35(26-25-34(23-10-6-2)24-11-7-3)28-30-17-21-32(22-18-30)37-27-12-8-4;1-4-7-15-23(16-8-5-2)17-14-22-19-20-10-12-21(13-11-20)24-18-9-6-3/h15-22H,5-14,23-28H2,1-4H3;10-13,22H,4-9,14-19H2,1-3H3. The van der Waals surface area contributed by atoms with Crippen LogP contribution in [-0.4, -0.2) is 86.2 Å². The molecule has 3 aromatic carbocycles. The first-order valence-electron chi connectivity index (χ1n) is 24.9. The van der Waals surface area contributed by atoms with Crippen LogP contribution in [-0.2, 0) is 19.5 Å². The molecule has 0 aliphatic carbocycles. The van der Waals surface area contributed by atoms with Gasteiger partial charge in [-0.1, -0.05) is 136 Å². The largest absolute Gasteiger partial charge is 0.494 e. The summed E-state index contributed by atoms with van der Waals surface area (Å²) >= 11 is 0. The number of hydrogen-bond donors (Lipinski definition) is 1. The van der Waals surface area contributed by atoms with E-state index in [-0.39, 0.29) is 5.91 Å². The second-order valence-corrected chi connectivity index (χ2v) is 16.8. The minimum atomic E-state index is 0.120. The summed E-state index contributed by atoms with van der Waals surface area (Å²) in [6.07, 6.45) is 19.2. The quantitative estimate of drug-likeness (QED) is 0.0595. The van der Waals surface area contributed by atoms with Gasteiger partial charge in [-0.05, 0) is 131 Å². The van der Waals surface area contributed by atoms with E-state index in [1.54, 1.807) is 0 Å². The zero-order chi connectivity index (χ0) is 44.2. The fourth-order valence-electron chi connectivity index (χ4n) is 7.04. The average molecular weight is 843 g/mol. The van der Waals surface area contributed by atoms with Crippen molar-refractivity contribution in [2.75, 3.05) is 65.6 Å². The maximum absolute atomic E-state index is 13.7. The number of hydrogen-bond acceptors (Lipinski definition) is 6. The van der Waals surface area contributed by atoms with Gasteiger partial charge in [0.1, 0.15) is 11.5 Å². The Morgan fingerprint density at radius 1 is 0.459 bits per heavy atom. The fourth-order valence-corrected chi connectivity index (χ4v) is 7.04. The second kappa shape index (κ2) is 36.1. The number of unbranched alkanes of at least 4 members (excludes halogenated alkanes) is 8. The minimum absolute atomic E-state index is 0.120. The maximum Gasteiger partial charge on any atom is 0.254 e.